The van der Waals surface area contributed by atoms with E-state index in [-0.39, 0.29) is 11.8 Å². The van der Waals surface area contributed by atoms with Gasteiger partial charge in [0.15, 0.2) is 5.65 Å². The Morgan fingerprint density at radius 1 is 1.26 bits per heavy atom. The number of aromatic amines is 1. The number of carbonyl (C=O) groups is 1. The maximum Gasteiger partial charge on any atom is 0.255 e. The van der Waals surface area contributed by atoms with Crippen molar-refractivity contribution in [1.29, 1.82) is 0 Å². The lowest BCUT2D eigenvalue weighted by Crippen LogP contribution is -2.39. The summed E-state index contributed by atoms with van der Waals surface area (Å²) in [4.78, 5) is 27.1. The topological polar surface area (TPSA) is 87.7 Å². The lowest BCUT2D eigenvalue weighted by Gasteiger charge is -2.32. The summed E-state index contributed by atoms with van der Waals surface area (Å²) >= 11 is 0. The number of piperidine rings is 1. The van der Waals surface area contributed by atoms with Crippen molar-refractivity contribution in [2.45, 2.75) is 18.8 Å². The molecule has 4 heterocycles. The highest BCUT2D eigenvalue weighted by atomic mass is 16.2. The Labute approximate surface area is 132 Å². The minimum Gasteiger partial charge on any atom is -0.338 e. The van der Waals surface area contributed by atoms with E-state index in [2.05, 4.69) is 25.1 Å². The van der Waals surface area contributed by atoms with Gasteiger partial charge in [-0.15, -0.1) is 0 Å². The zero-order valence-corrected chi connectivity index (χ0v) is 12.5. The van der Waals surface area contributed by atoms with Crippen molar-refractivity contribution in [2.75, 3.05) is 13.1 Å². The molecule has 0 radical (unpaired) electrons. The number of nitrogens with one attached hydrogen (secondary N) is 1. The molecule has 0 bridgehead atoms. The summed E-state index contributed by atoms with van der Waals surface area (Å²) in [6, 6.07) is 3.59. The number of H-pyrrole nitrogens is 1. The number of carbonyl (C=O) groups excluding carboxylic acids is 1. The van der Waals surface area contributed by atoms with Crippen LogP contribution in [0.2, 0.25) is 0 Å². The van der Waals surface area contributed by atoms with Crippen LogP contribution in [0.3, 0.4) is 0 Å². The first-order chi connectivity index (χ1) is 11.3. The van der Waals surface area contributed by atoms with Crippen LogP contribution in [0.1, 0.15) is 34.8 Å². The quantitative estimate of drug-likeness (QED) is 0.779. The van der Waals surface area contributed by atoms with Crippen molar-refractivity contribution in [1.82, 2.24) is 30.0 Å². The van der Waals surface area contributed by atoms with Crippen molar-refractivity contribution >= 4 is 17.1 Å². The molecule has 1 N–H and O–H groups in total. The molecule has 0 saturated carbocycles. The van der Waals surface area contributed by atoms with Gasteiger partial charge in [0.25, 0.3) is 5.91 Å². The van der Waals surface area contributed by atoms with Gasteiger partial charge in [0.2, 0.25) is 0 Å². The lowest BCUT2D eigenvalue weighted by molar-refractivity contribution is 0.0705. The number of likely N-dealkylation sites (tertiary alicyclic amines) is 1. The molecule has 0 spiro atoms. The maximum absolute atomic E-state index is 12.6. The second kappa shape index (κ2) is 5.75. The molecule has 4 rings (SSSR count). The van der Waals surface area contributed by atoms with Gasteiger partial charge in [0, 0.05) is 43.8 Å². The molecule has 1 amide bonds. The molecule has 1 fully saturated rings. The molecule has 116 valence electrons. The van der Waals surface area contributed by atoms with Gasteiger partial charge < -0.3 is 4.90 Å². The Morgan fingerprint density at radius 2 is 2.17 bits per heavy atom. The molecule has 3 aromatic rings. The van der Waals surface area contributed by atoms with E-state index in [9.17, 15) is 4.79 Å². The van der Waals surface area contributed by atoms with E-state index < -0.39 is 0 Å². The number of hydrogen-bond acceptors (Lipinski definition) is 5. The van der Waals surface area contributed by atoms with Crippen molar-refractivity contribution in [3.8, 4) is 0 Å². The van der Waals surface area contributed by atoms with E-state index in [1.54, 1.807) is 36.9 Å². The SMILES string of the molecule is O=C(c1cccnc1)N1CCC[C@H](c2[nH]nc3nccnc23)C1. The minimum atomic E-state index is 0.0257. The molecule has 1 aliphatic heterocycles. The first-order valence-corrected chi connectivity index (χ1v) is 7.67. The van der Waals surface area contributed by atoms with Gasteiger partial charge >= 0.3 is 0 Å². The van der Waals surface area contributed by atoms with Crippen LogP contribution in [0.4, 0.5) is 0 Å². The van der Waals surface area contributed by atoms with Crippen LogP contribution in [0, 0.1) is 0 Å². The number of hydrogen-bond donors (Lipinski definition) is 1. The molecule has 7 nitrogen and oxygen atoms in total. The number of aromatic nitrogens is 5. The summed E-state index contributed by atoms with van der Waals surface area (Å²) in [5.74, 6) is 0.226. The Kier molecular flexibility index (Phi) is 3.45. The number of rotatable bonds is 2. The number of fused-ring (bicyclic) bond motifs is 1. The van der Waals surface area contributed by atoms with Gasteiger partial charge in [-0.05, 0) is 25.0 Å². The second-order valence-electron chi connectivity index (χ2n) is 5.70. The largest absolute Gasteiger partial charge is 0.338 e. The average Bonchev–Trinajstić information content (AvgIpc) is 3.06. The molecular weight excluding hydrogens is 292 g/mol. The second-order valence-corrected chi connectivity index (χ2v) is 5.70. The number of pyridine rings is 1. The predicted octanol–water partition coefficient (Wildman–Crippen LogP) is 1.77. The van der Waals surface area contributed by atoms with Crippen molar-refractivity contribution in [3.05, 3.63) is 48.2 Å². The van der Waals surface area contributed by atoms with Crippen LogP contribution < -0.4 is 0 Å². The van der Waals surface area contributed by atoms with E-state index in [1.165, 1.54) is 0 Å². The Bertz CT molecular complexity index is 831. The van der Waals surface area contributed by atoms with E-state index >= 15 is 0 Å². The normalized spacial score (nSPS) is 18.3. The van der Waals surface area contributed by atoms with Gasteiger partial charge in [0.05, 0.1) is 11.3 Å². The number of nitrogens with zero attached hydrogens (tertiary/aromatic N) is 5. The zero-order chi connectivity index (χ0) is 15.6. The summed E-state index contributed by atoms with van der Waals surface area (Å²) in [5, 5.41) is 7.27. The minimum absolute atomic E-state index is 0.0257. The molecule has 1 aliphatic rings. The summed E-state index contributed by atoms with van der Waals surface area (Å²) in [6.45, 7) is 1.42. The fraction of sp³-hybridized carbons (Fsp3) is 0.312. The van der Waals surface area contributed by atoms with Crippen molar-refractivity contribution in [2.24, 2.45) is 0 Å². The highest BCUT2D eigenvalue weighted by Gasteiger charge is 2.28. The van der Waals surface area contributed by atoms with Gasteiger partial charge in [-0.2, -0.15) is 5.10 Å². The van der Waals surface area contributed by atoms with Crippen molar-refractivity contribution in [3.63, 3.8) is 0 Å². The van der Waals surface area contributed by atoms with Gasteiger partial charge in [-0.1, -0.05) is 0 Å². The average molecular weight is 308 g/mol. The summed E-state index contributed by atoms with van der Waals surface area (Å²) < 4.78 is 0. The third-order valence-electron chi connectivity index (χ3n) is 4.24. The summed E-state index contributed by atoms with van der Waals surface area (Å²) in [5.41, 5.74) is 3.02. The van der Waals surface area contributed by atoms with Crippen LogP contribution in [0.5, 0.6) is 0 Å². The fourth-order valence-electron chi connectivity index (χ4n) is 3.12. The Hall–Kier alpha value is -2.83. The van der Waals surface area contributed by atoms with Crippen molar-refractivity contribution < 1.29 is 4.79 Å². The lowest BCUT2D eigenvalue weighted by atomic mass is 9.94. The zero-order valence-electron chi connectivity index (χ0n) is 12.5. The van der Waals surface area contributed by atoms with Crippen LogP contribution in [0.15, 0.2) is 36.9 Å². The van der Waals surface area contributed by atoms with E-state index in [4.69, 9.17) is 0 Å². The molecule has 1 saturated heterocycles. The van der Waals surface area contributed by atoms with Gasteiger partial charge in [0.1, 0.15) is 5.52 Å². The van der Waals surface area contributed by atoms with Gasteiger partial charge in [-0.3, -0.25) is 14.9 Å². The van der Waals surface area contributed by atoms with Crippen LogP contribution in [0.25, 0.3) is 11.2 Å². The first-order valence-electron chi connectivity index (χ1n) is 7.67. The number of amides is 1. The monoisotopic (exact) mass is 308 g/mol. The molecule has 1 atom stereocenters. The Balaban J connectivity index is 1.59. The van der Waals surface area contributed by atoms with Crippen LogP contribution >= 0.6 is 0 Å². The highest BCUT2D eigenvalue weighted by molar-refractivity contribution is 5.94. The smallest absolute Gasteiger partial charge is 0.255 e. The standard InChI is InChI=1S/C16H16N6O/c23-16(11-3-1-5-17-9-11)22-8-2-4-12(10-22)13-14-15(21-20-13)19-7-6-18-14/h1,3,5-7,9,12H,2,4,8,10H2,(H,19,20,21)/t12-/m0/s1. The van der Waals surface area contributed by atoms with E-state index in [0.29, 0.717) is 17.8 Å². The molecular formula is C16H16N6O. The molecule has 0 aromatic carbocycles. The van der Waals surface area contributed by atoms with E-state index in [1.807, 2.05) is 4.90 Å². The third kappa shape index (κ3) is 2.54. The Morgan fingerprint density at radius 3 is 3.04 bits per heavy atom. The molecule has 23 heavy (non-hydrogen) atoms. The predicted molar refractivity (Wildman–Crippen MR) is 83.8 cm³/mol. The molecule has 7 heteroatoms. The van der Waals surface area contributed by atoms with E-state index in [0.717, 1.165) is 30.6 Å². The first kappa shape index (κ1) is 13.8. The summed E-state index contributed by atoms with van der Waals surface area (Å²) in [6.07, 6.45) is 8.55. The van der Waals surface area contributed by atoms with Crippen LogP contribution in [-0.2, 0) is 0 Å². The highest BCUT2D eigenvalue weighted by Crippen LogP contribution is 2.29. The summed E-state index contributed by atoms with van der Waals surface area (Å²) in [7, 11) is 0. The molecule has 0 unspecified atom stereocenters. The fourth-order valence-corrected chi connectivity index (χ4v) is 3.12. The molecule has 0 aliphatic carbocycles. The molecule has 3 aromatic heterocycles. The van der Waals surface area contributed by atoms with Gasteiger partial charge in [-0.25, -0.2) is 9.97 Å². The third-order valence-corrected chi connectivity index (χ3v) is 4.24. The van der Waals surface area contributed by atoms with Crippen LogP contribution in [-0.4, -0.2) is 49.0 Å². The maximum atomic E-state index is 12.6.